The summed E-state index contributed by atoms with van der Waals surface area (Å²) in [5, 5.41) is 9.91. The molecular weight excluding hydrogens is 262 g/mol. The Hall–Kier alpha value is -1.66. The number of thiophene rings is 1. The van der Waals surface area contributed by atoms with Gasteiger partial charge in [-0.1, -0.05) is 0 Å². The van der Waals surface area contributed by atoms with Gasteiger partial charge < -0.3 is 15.7 Å². The van der Waals surface area contributed by atoms with Gasteiger partial charge in [0.05, 0.1) is 12.3 Å². The van der Waals surface area contributed by atoms with Crippen LogP contribution >= 0.6 is 11.3 Å². The molecule has 0 bridgehead atoms. The Morgan fingerprint density at radius 2 is 2.37 bits per heavy atom. The van der Waals surface area contributed by atoms with Crippen molar-refractivity contribution in [2.45, 2.75) is 18.9 Å². The van der Waals surface area contributed by atoms with E-state index in [1.54, 1.807) is 11.1 Å². The molecule has 0 saturated heterocycles. The first kappa shape index (κ1) is 12.4. The molecule has 0 aromatic carbocycles. The summed E-state index contributed by atoms with van der Waals surface area (Å²) in [6.45, 7) is 0.343. The second-order valence-corrected chi connectivity index (χ2v) is 5.65. The van der Waals surface area contributed by atoms with E-state index in [1.165, 1.54) is 11.3 Å². The first-order chi connectivity index (χ1) is 9.22. The Balaban J connectivity index is 1.98. The Bertz CT molecular complexity index is 621. The number of aromatic nitrogens is 1. The average Bonchev–Trinajstić information content (AvgIpc) is 3.21. The first-order valence-corrected chi connectivity index (χ1v) is 7.09. The van der Waals surface area contributed by atoms with Crippen molar-refractivity contribution in [3.8, 4) is 0 Å². The quantitative estimate of drug-likeness (QED) is 0.887. The number of amides is 1. The summed E-state index contributed by atoms with van der Waals surface area (Å²) < 4.78 is 0. The van der Waals surface area contributed by atoms with Crippen LogP contribution < -0.4 is 5.73 Å². The summed E-state index contributed by atoms with van der Waals surface area (Å²) in [6, 6.07) is 3.95. The predicted molar refractivity (Wildman–Crippen MR) is 75.2 cm³/mol. The number of aliphatic hydroxyl groups excluding tert-OH is 1. The van der Waals surface area contributed by atoms with Crippen molar-refractivity contribution in [3.63, 3.8) is 0 Å². The highest BCUT2D eigenvalue weighted by Gasteiger charge is 2.34. The Morgan fingerprint density at radius 3 is 3.00 bits per heavy atom. The van der Waals surface area contributed by atoms with Crippen molar-refractivity contribution in [2.24, 2.45) is 0 Å². The highest BCUT2D eigenvalue weighted by Crippen LogP contribution is 2.35. The number of hydrogen-bond donors (Lipinski definition) is 2. The third-order valence-corrected chi connectivity index (χ3v) is 4.41. The Morgan fingerprint density at radius 1 is 1.58 bits per heavy atom. The SMILES string of the molecule is Nc1c(C(=O)N(CCO)C2CC2)sc2ncccc12. The molecule has 1 saturated carbocycles. The van der Waals surface area contributed by atoms with E-state index in [2.05, 4.69) is 4.98 Å². The number of hydrogen-bond acceptors (Lipinski definition) is 5. The molecule has 0 atom stereocenters. The number of pyridine rings is 1. The van der Waals surface area contributed by atoms with Gasteiger partial charge in [-0.2, -0.15) is 0 Å². The van der Waals surface area contributed by atoms with Crippen molar-refractivity contribution >= 4 is 33.1 Å². The van der Waals surface area contributed by atoms with Gasteiger partial charge in [-0.15, -0.1) is 11.3 Å². The smallest absolute Gasteiger partial charge is 0.266 e. The molecule has 6 heteroatoms. The fraction of sp³-hybridized carbons (Fsp3) is 0.385. The van der Waals surface area contributed by atoms with Crippen molar-refractivity contribution in [1.29, 1.82) is 0 Å². The second-order valence-electron chi connectivity index (χ2n) is 4.65. The maximum Gasteiger partial charge on any atom is 0.266 e. The zero-order valence-electron chi connectivity index (χ0n) is 10.4. The van der Waals surface area contributed by atoms with Crippen LogP contribution in [0.15, 0.2) is 18.3 Å². The molecule has 3 rings (SSSR count). The number of anilines is 1. The summed E-state index contributed by atoms with van der Waals surface area (Å²) in [7, 11) is 0. The fourth-order valence-corrected chi connectivity index (χ4v) is 3.20. The van der Waals surface area contributed by atoms with Crippen LogP contribution in [-0.2, 0) is 0 Å². The summed E-state index contributed by atoms with van der Waals surface area (Å²) in [5.74, 6) is -0.0861. The van der Waals surface area contributed by atoms with Crippen LogP contribution in [0.3, 0.4) is 0 Å². The topological polar surface area (TPSA) is 79.5 Å². The van der Waals surface area contributed by atoms with Gasteiger partial charge in [-0.05, 0) is 25.0 Å². The van der Waals surface area contributed by atoms with Gasteiger partial charge in [0.15, 0.2) is 0 Å². The lowest BCUT2D eigenvalue weighted by Crippen LogP contribution is -2.35. The van der Waals surface area contributed by atoms with E-state index in [9.17, 15) is 4.79 Å². The van der Waals surface area contributed by atoms with Crippen molar-refractivity contribution < 1.29 is 9.90 Å². The zero-order chi connectivity index (χ0) is 13.4. The maximum atomic E-state index is 12.5. The number of carbonyl (C=O) groups is 1. The molecule has 3 N–H and O–H groups in total. The number of nitrogens with zero attached hydrogens (tertiary/aromatic N) is 2. The predicted octanol–water partition coefficient (Wildman–Crippen LogP) is 1.48. The number of carbonyl (C=O) groups excluding carboxylic acids is 1. The normalized spacial score (nSPS) is 14.8. The lowest BCUT2D eigenvalue weighted by atomic mass is 10.2. The van der Waals surface area contributed by atoms with Crippen molar-refractivity contribution in [1.82, 2.24) is 9.88 Å². The van der Waals surface area contributed by atoms with E-state index in [0.29, 0.717) is 17.1 Å². The van der Waals surface area contributed by atoms with Gasteiger partial charge in [-0.25, -0.2) is 4.98 Å². The van der Waals surface area contributed by atoms with Gasteiger partial charge in [0, 0.05) is 24.2 Å². The molecule has 2 aromatic heterocycles. The van der Waals surface area contributed by atoms with Crippen LogP contribution in [0.5, 0.6) is 0 Å². The molecular formula is C13H15N3O2S. The Labute approximate surface area is 114 Å². The van der Waals surface area contributed by atoms with Gasteiger partial charge in [0.25, 0.3) is 5.91 Å². The first-order valence-electron chi connectivity index (χ1n) is 6.27. The zero-order valence-corrected chi connectivity index (χ0v) is 11.2. The second kappa shape index (κ2) is 4.79. The summed E-state index contributed by atoms with van der Waals surface area (Å²) in [6.07, 6.45) is 3.71. The molecule has 2 aromatic rings. The molecule has 1 aliphatic rings. The van der Waals surface area contributed by atoms with Gasteiger partial charge >= 0.3 is 0 Å². The molecule has 100 valence electrons. The van der Waals surface area contributed by atoms with Crippen molar-refractivity contribution in [2.75, 3.05) is 18.9 Å². The molecule has 5 nitrogen and oxygen atoms in total. The van der Waals surface area contributed by atoms with Crippen LogP contribution in [-0.4, -0.2) is 40.1 Å². The molecule has 0 radical (unpaired) electrons. The molecule has 19 heavy (non-hydrogen) atoms. The minimum absolute atomic E-state index is 0.0225. The Kier molecular flexibility index (Phi) is 3.12. The lowest BCUT2D eigenvalue weighted by Gasteiger charge is -2.20. The van der Waals surface area contributed by atoms with Gasteiger partial charge in [0.1, 0.15) is 9.71 Å². The van der Waals surface area contributed by atoms with E-state index >= 15 is 0 Å². The van der Waals surface area contributed by atoms with E-state index in [-0.39, 0.29) is 18.6 Å². The molecule has 0 spiro atoms. The van der Waals surface area contributed by atoms with Crippen LogP contribution in [0.4, 0.5) is 5.69 Å². The minimum Gasteiger partial charge on any atom is -0.397 e. The number of rotatable bonds is 4. The highest BCUT2D eigenvalue weighted by molar-refractivity contribution is 7.21. The summed E-state index contributed by atoms with van der Waals surface area (Å²) >= 11 is 1.32. The van der Waals surface area contributed by atoms with Crippen LogP contribution in [0, 0.1) is 0 Å². The number of nitrogens with two attached hydrogens (primary N) is 1. The van der Waals surface area contributed by atoms with Gasteiger partial charge in [0.2, 0.25) is 0 Å². The van der Waals surface area contributed by atoms with Crippen LogP contribution in [0.1, 0.15) is 22.5 Å². The number of fused-ring (bicyclic) bond motifs is 1. The third-order valence-electron chi connectivity index (χ3n) is 3.29. The largest absolute Gasteiger partial charge is 0.397 e. The van der Waals surface area contributed by atoms with E-state index in [4.69, 9.17) is 10.8 Å². The average molecular weight is 277 g/mol. The highest BCUT2D eigenvalue weighted by atomic mass is 32.1. The van der Waals surface area contributed by atoms with Crippen LogP contribution in [0.25, 0.3) is 10.2 Å². The third kappa shape index (κ3) is 2.17. The summed E-state index contributed by atoms with van der Waals surface area (Å²) in [4.78, 5) is 19.8. The molecule has 1 amide bonds. The van der Waals surface area contributed by atoms with Gasteiger partial charge in [-0.3, -0.25) is 4.79 Å². The van der Waals surface area contributed by atoms with Crippen molar-refractivity contribution in [3.05, 3.63) is 23.2 Å². The molecule has 1 aliphatic carbocycles. The molecule has 0 unspecified atom stereocenters. The fourth-order valence-electron chi connectivity index (χ4n) is 2.18. The maximum absolute atomic E-state index is 12.5. The number of aliphatic hydroxyl groups is 1. The van der Waals surface area contributed by atoms with E-state index in [0.717, 1.165) is 23.1 Å². The van der Waals surface area contributed by atoms with E-state index in [1.807, 2.05) is 12.1 Å². The van der Waals surface area contributed by atoms with Crippen LogP contribution in [0.2, 0.25) is 0 Å². The standard InChI is InChI=1S/C13H15N3O2S/c14-10-9-2-1-5-15-12(9)19-11(10)13(18)16(6-7-17)8-3-4-8/h1-2,5,8,17H,3-4,6-7,14H2. The lowest BCUT2D eigenvalue weighted by molar-refractivity contribution is 0.0713. The molecule has 0 aliphatic heterocycles. The number of nitrogen functional groups attached to an aromatic ring is 1. The molecule has 2 heterocycles. The molecule has 1 fully saturated rings. The summed E-state index contributed by atoms with van der Waals surface area (Å²) in [5.41, 5.74) is 6.56. The monoisotopic (exact) mass is 277 g/mol. The minimum atomic E-state index is -0.0861. The van der Waals surface area contributed by atoms with E-state index < -0.39 is 0 Å².